The van der Waals surface area contributed by atoms with Crippen LogP contribution in [-0.2, 0) is 0 Å². The minimum absolute atomic E-state index is 0.541. The van der Waals surface area contributed by atoms with E-state index in [9.17, 15) is 0 Å². The van der Waals surface area contributed by atoms with E-state index in [1.54, 1.807) is 0 Å². The van der Waals surface area contributed by atoms with E-state index in [2.05, 4.69) is 10.5 Å². The van der Waals surface area contributed by atoms with Crippen LogP contribution in [0.3, 0.4) is 0 Å². The summed E-state index contributed by atoms with van der Waals surface area (Å²) in [5.74, 6) is 0. The Labute approximate surface area is 67.5 Å². The van der Waals surface area contributed by atoms with Crippen LogP contribution in [-0.4, -0.2) is 23.5 Å². The SMILES string of the molecule is C/C(CC1CCCCN1)=N\O. The molecule has 0 aliphatic carbocycles. The summed E-state index contributed by atoms with van der Waals surface area (Å²) >= 11 is 0. The summed E-state index contributed by atoms with van der Waals surface area (Å²) in [6.45, 7) is 2.97. The Morgan fingerprint density at radius 1 is 1.64 bits per heavy atom. The summed E-state index contributed by atoms with van der Waals surface area (Å²) in [6, 6.07) is 0.541. The topological polar surface area (TPSA) is 44.6 Å². The zero-order chi connectivity index (χ0) is 8.10. The van der Waals surface area contributed by atoms with Crippen molar-refractivity contribution in [2.75, 3.05) is 6.54 Å². The molecule has 0 aromatic rings. The molecular weight excluding hydrogens is 140 g/mol. The molecule has 1 heterocycles. The van der Waals surface area contributed by atoms with Crippen molar-refractivity contribution in [1.82, 2.24) is 5.32 Å². The Bertz CT molecular complexity index is 139. The van der Waals surface area contributed by atoms with Crippen molar-refractivity contribution < 1.29 is 5.21 Å². The fraction of sp³-hybridized carbons (Fsp3) is 0.875. The fourth-order valence-corrected chi connectivity index (χ4v) is 1.50. The zero-order valence-electron chi connectivity index (χ0n) is 7.01. The second-order valence-corrected chi connectivity index (χ2v) is 3.19. The standard InChI is InChI=1S/C8H16N2O/c1-7(10-11)6-8-4-2-3-5-9-8/h8-9,11H,2-6H2,1H3/b10-7+. The van der Waals surface area contributed by atoms with Crippen LogP contribution >= 0.6 is 0 Å². The van der Waals surface area contributed by atoms with Crippen LogP contribution in [0.4, 0.5) is 0 Å². The lowest BCUT2D eigenvalue weighted by Gasteiger charge is -2.22. The summed E-state index contributed by atoms with van der Waals surface area (Å²) in [6.07, 6.45) is 4.69. The Kier molecular flexibility index (Phi) is 3.36. The number of oxime groups is 1. The number of nitrogens with one attached hydrogen (secondary N) is 1. The molecule has 0 radical (unpaired) electrons. The van der Waals surface area contributed by atoms with Crippen molar-refractivity contribution in [3.8, 4) is 0 Å². The molecule has 1 saturated heterocycles. The van der Waals surface area contributed by atoms with E-state index in [4.69, 9.17) is 5.21 Å². The van der Waals surface area contributed by atoms with E-state index in [0.717, 1.165) is 18.7 Å². The van der Waals surface area contributed by atoms with Gasteiger partial charge in [0.05, 0.1) is 5.71 Å². The second-order valence-electron chi connectivity index (χ2n) is 3.19. The van der Waals surface area contributed by atoms with Gasteiger partial charge in [0.2, 0.25) is 0 Å². The molecule has 0 aromatic heterocycles. The lowest BCUT2D eigenvalue weighted by atomic mass is 10.0. The monoisotopic (exact) mass is 156 g/mol. The molecule has 1 unspecified atom stereocenters. The molecule has 1 rings (SSSR count). The van der Waals surface area contributed by atoms with Crippen LogP contribution < -0.4 is 5.32 Å². The number of rotatable bonds is 2. The molecule has 64 valence electrons. The molecule has 3 nitrogen and oxygen atoms in total. The molecule has 1 atom stereocenters. The fourth-order valence-electron chi connectivity index (χ4n) is 1.50. The van der Waals surface area contributed by atoms with E-state index in [1.165, 1.54) is 19.3 Å². The highest BCUT2D eigenvalue weighted by Gasteiger charge is 2.12. The highest BCUT2D eigenvalue weighted by atomic mass is 16.4. The molecule has 1 aliphatic rings. The maximum absolute atomic E-state index is 8.43. The number of hydrogen-bond donors (Lipinski definition) is 2. The van der Waals surface area contributed by atoms with Crippen LogP contribution in [0.25, 0.3) is 0 Å². The third-order valence-corrected chi connectivity index (χ3v) is 2.12. The van der Waals surface area contributed by atoms with Gasteiger partial charge in [-0.05, 0) is 26.3 Å². The first kappa shape index (κ1) is 8.53. The van der Waals surface area contributed by atoms with Crippen molar-refractivity contribution in [3.63, 3.8) is 0 Å². The van der Waals surface area contributed by atoms with Crippen LogP contribution in [0, 0.1) is 0 Å². The van der Waals surface area contributed by atoms with Gasteiger partial charge in [0.25, 0.3) is 0 Å². The Morgan fingerprint density at radius 2 is 2.45 bits per heavy atom. The number of piperidine rings is 1. The maximum atomic E-state index is 8.43. The molecule has 1 fully saturated rings. The van der Waals surface area contributed by atoms with Gasteiger partial charge in [-0.15, -0.1) is 0 Å². The molecule has 1 aliphatic heterocycles. The molecule has 0 bridgehead atoms. The Morgan fingerprint density at radius 3 is 3.00 bits per heavy atom. The number of nitrogens with zero attached hydrogens (tertiary/aromatic N) is 1. The third kappa shape index (κ3) is 2.89. The minimum Gasteiger partial charge on any atom is -0.411 e. The van der Waals surface area contributed by atoms with Gasteiger partial charge in [0.15, 0.2) is 0 Å². The summed E-state index contributed by atoms with van der Waals surface area (Å²) in [5.41, 5.74) is 0.824. The van der Waals surface area contributed by atoms with E-state index < -0.39 is 0 Å². The van der Waals surface area contributed by atoms with Crippen LogP contribution in [0.1, 0.15) is 32.6 Å². The first-order chi connectivity index (χ1) is 5.33. The summed E-state index contributed by atoms with van der Waals surface area (Å²) in [4.78, 5) is 0. The van der Waals surface area contributed by atoms with E-state index in [1.807, 2.05) is 6.92 Å². The van der Waals surface area contributed by atoms with Gasteiger partial charge in [0, 0.05) is 12.5 Å². The van der Waals surface area contributed by atoms with Crippen LogP contribution in [0.2, 0.25) is 0 Å². The van der Waals surface area contributed by atoms with E-state index in [0.29, 0.717) is 6.04 Å². The van der Waals surface area contributed by atoms with Crippen molar-refractivity contribution in [1.29, 1.82) is 0 Å². The summed E-state index contributed by atoms with van der Waals surface area (Å²) in [5, 5.41) is 15.0. The minimum atomic E-state index is 0.541. The van der Waals surface area contributed by atoms with Gasteiger partial charge in [-0.3, -0.25) is 0 Å². The highest BCUT2D eigenvalue weighted by molar-refractivity contribution is 5.81. The second kappa shape index (κ2) is 4.34. The Balaban J connectivity index is 2.24. The normalized spacial score (nSPS) is 27.0. The largest absolute Gasteiger partial charge is 0.411 e. The van der Waals surface area contributed by atoms with E-state index >= 15 is 0 Å². The van der Waals surface area contributed by atoms with Crippen molar-refractivity contribution in [3.05, 3.63) is 0 Å². The van der Waals surface area contributed by atoms with Crippen molar-refractivity contribution in [2.24, 2.45) is 5.16 Å². The quantitative estimate of drug-likeness (QED) is 0.360. The third-order valence-electron chi connectivity index (χ3n) is 2.12. The van der Waals surface area contributed by atoms with Crippen LogP contribution in [0.15, 0.2) is 5.16 Å². The van der Waals surface area contributed by atoms with Gasteiger partial charge in [-0.25, -0.2) is 0 Å². The van der Waals surface area contributed by atoms with Gasteiger partial charge in [-0.1, -0.05) is 11.6 Å². The average Bonchev–Trinajstić information content (AvgIpc) is 2.06. The predicted octanol–water partition coefficient (Wildman–Crippen LogP) is 1.37. The molecule has 0 amide bonds. The van der Waals surface area contributed by atoms with Gasteiger partial charge in [0.1, 0.15) is 0 Å². The zero-order valence-corrected chi connectivity index (χ0v) is 7.01. The van der Waals surface area contributed by atoms with Gasteiger partial charge < -0.3 is 10.5 Å². The van der Waals surface area contributed by atoms with E-state index in [-0.39, 0.29) is 0 Å². The smallest absolute Gasteiger partial charge is 0.0555 e. The van der Waals surface area contributed by atoms with Gasteiger partial charge in [-0.2, -0.15) is 0 Å². The lowest BCUT2D eigenvalue weighted by Crippen LogP contribution is -2.35. The number of hydrogen-bond acceptors (Lipinski definition) is 3. The molecule has 0 spiro atoms. The predicted molar refractivity (Wildman–Crippen MR) is 45.2 cm³/mol. The highest BCUT2D eigenvalue weighted by Crippen LogP contribution is 2.10. The van der Waals surface area contributed by atoms with Crippen LogP contribution in [0.5, 0.6) is 0 Å². The van der Waals surface area contributed by atoms with Crippen molar-refractivity contribution in [2.45, 2.75) is 38.6 Å². The van der Waals surface area contributed by atoms with Crippen molar-refractivity contribution >= 4 is 5.71 Å². The first-order valence-corrected chi connectivity index (χ1v) is 4.24. The molecular formula is C8H16N2O. The molecule has 11 heavy (non-hydrogen) atoms. The molecule has 3 heteroatoms. The maximum Gasteiger partial charge on any atom is 0.0555 e. The summed E-state index contributed by atoms with van der Waals surface area (Å²) < 4.78 is 0. The average molecular weight is 156 g/mol. The lowest BCUT2D eigenvalue weighted by molar-refractivity contribution is 0.314. The molecule has 0 aromatic carbocycles. The molecule has 2 N–H and O–H groups in total. The molecule has 0 saturated carbocycles. The first-order valence-electron chi connectivity index (χ1n) is 4.24. The summed E-state index contributed by atoms with van der Waals surface area (Å²) in [7, 11) is 0. The Hall–Kier alpha value is -0.570. The van der Waals surface area contributed by atoms with Gasteiger partial charge >= 0.3 is 0 Å².